The number of likely N-dealkylation sites (tertiary alicyclic amines) is 1. The molecule has 1 saturated heterocycles. The van der Waals surface area contributed by atoms with Crippen LogP contribution in [0.15, 0.2) is 60.3 Å². The Labute approximate surface area is 184 Å². The molecule has 2 amide bonds. The van der Waals surface area contributed by atoms with Crippen LogP contribution in [0.3, 0.4) is 0 Å². The van der Waals surface area contributed by atoms with Crippen LogP contribution in [0.2, 0.25) is 0 Å². The van der Waals surface area contributed by atoms with Gasteiger partial charge in [-0.25, -0.2) is 0 Å². The lowest BCUT2D eigenvalue weighted by Crippen LogP contribution is -2.39. The van der Waals surface area contributed by atoms with Gasteiger partial charge in [-0.05, 0) is 55.9 Å². The first kappa shape index (κ1) is 21.2. The number of benzene rings is 2. The number of hydrogen-bond acceptors (Lipinski definition) is 4. The zero-order chi connectivity index (χ0) is 22.0. The van der Waals surface area contributed by atoms with E-state index in [1.807, 2.05) is 68.4 Å². The summed E-state index contributed by atoms with van der Waals surface area (Å²) in [6.45, 7) is 8.04. The largest absolute Gasteiger partial charge is 0.491 e. The molecule has 31 heavy (non-hydrogen) atoms. The van der Waals surface area contributed by atoms with Gasteiger partial charge in [0.1, 0.15) is 11.4 Å². The first-order valence-corrected chi connectivity index (χ1v) is 11.1. The predicted molar refractivity (Wildman–Crippen MR) is 121 cm³/mol. The van der Waals surface area contributed by atoms with E-state index in [1.165, 1.54) is 4.90 Å². The minimum Gasteiger partial charge on any atom is -0.491 e. The number of amides is 2. The van der Waals surface area contributed by atoms with Crippen LogP contribution in [0.25, 0.3) is 5.57 Å². The third-order valence-corrected chi connectivity index (χ3v) is 5.82. The smallest absolute Gasteiger partial charge is 0.278 e. The van der Waals surface area contributed by atoms with E-state index in [0.29, 0.717) is 17.2 Å². The molecule has 0 bridgehead atoms. The van der Waals surface area contributed by atoms with Crippen molar-refractivity contribution in [3.05, 3.63) is 71.4 Å². The average Bonchev–Trinajstić information content (AvgIpc) is 2.99. The zero-order valence-electron chi connectivity index (χ0n) is 18.5. The fraction of sp³-hybridized carbons (Fsp3) is 0.385. The molecule has 0 saturated carbocycles. The van der Waals surface area contributed by atoms with E-state index in [0.717, 1.165) is 42.8 Å². The number of piperidine rings is 1. The summed E-state index contributed by atoms with van der Waals surface area (Å²) >= 11 is 0. The highest BCUT2D eigenvalue weighted by molar-refractivity contribution is 6.35. The van der Waals surface area contributed by atoms with Gasteiger partial charge in [-0.3, -0.25) is 14.5 Å². The van der Waals surface area contributed by atoms with Crippen LogP contribution in [-0.4, -0.2) is 40.8 Å². The van der Waals surface area contributed by atoms with E-state index in [2.05, 4.69) is 11.8 Å². The minimum atomic E-state index is -0.223. The molecule has 2 aromatic rings. The molecule has 0 N–H and O–H groups in total. The molecule has 5 heteroatoms. The van der Waals surface area contributed by atoms with Crippen molar-refractivity contribution in [2.45, 2.75) is 46.3 Å². The number of rotatable bonds is 6. The molecule has 2 aliphatic rings. The zero-order valence-corrected chi connectivity index (χ0v) is 18.5. The van der Waals surface area contributed by atoms with Crippen molar-refractivity contribution in [3.8, 4) is 5.75 Å². The molecule has 0 aliphatic carbocycles. The lowest BCUT2D eigenvalue weighted by atomic mass is 9.97. The molecule has 2 heterocycles. The van der Waals surface area contributed by atoms with Crippen molar-refractivity contribution >= 4 is 17.4 Å². The van der Waals surface area contributed by atoms with Crippen molar-refractivity contribution in [2.75, 3.05) is 13.1 Å². The summed E-state index contributed by atoms with van der Waals surface area (Å²) in [5.41, 5.74) is 2.76. The molecule has 0 spiro atoms. The van der Waals surface area contributed by atoms with Gasteiger partial charge < -0.3 is 9.64 Å². The summed E-state index contributed by atoms with van der Waals surface area (Å²) in [6.07, 6.45) is 2.25. The Morgan fingerprint density at radius 2 is 1.71 bits per heavy atom. The minimum absolute atomic E-state index is 0.0755. The maximum atomic E-state index is 13.5. The van der Waals surface area contributed by atoms with Crippen molar-refractivity contribution in [2.24, 2.45) is 5.92 Å². The second-order valence-electron chi connectivity index (χ2n) is 8.79. The van der Waals surface area contributed by atoms with E-state index in [9.17, 15) is 9.59 Å². The third-order valence-electron chi connectivity index (χ3n) is 5.82. The van der Waals surface area contributed by atoms with E-state index in [-0.39, 0.29) is 24.5 Å². The van der Waals surface area contributed by atoms with Gasteiger partial charge in [0.2, 0.25) is 0 Å². The molecule has 2 aliphatic heterocycles. The number of nitrogens with zero attached hydrogens (tertiary/aromatic N) is 2. The monoisotopic (exact) mass is 418 g/mol. The Kier molecular flexibility index (Phi) is 6.12. The van der Waals surface area contributed by atoms with Crippen LogP contribution in [0.5, 0.6) is 5.75 Å². The van der Waals surface area contributed by atoms with Gasteiger partial charge in [-0.15, -0.1) is 0 Å². The van der Waals surface area contributed by atoms with Gasteiger partial charge in [0, 0.05) is 13.1 Å². The highest BCUT2D eigenvalue weighted by Crippen LogP contribution is 2.35. The molecular weight excluding hydrogens is 388 g/mol. The summed E-state index contributed by atoms with van der Waals surface area (Å²) in [5, 5.41) is 0. The molecular formula is C26H30N2O3. The molecule has 1 unspecified atom stereocenters. The van der Waals surface area contributed by atoms with Gasteiger partial charge in [0.25, 0.3) is 11.8 Å². The topological polar surface area (TPSA) is 49.9 Å². The van der Waals surface area contributed by atoms with Crippen LogP contribution < -0.4 is 4.74 Å². The van der Waals surface area contributed by atoms with Crippen LogP contribution in [0.4, 0.5) is 0 Å². The molecule has 5 nitrogen and oxygen atoms in total. The van der Waals surface area contributed by atoms with Gasteiger partial charge in [-0.2, -0.15) is 0 Å². The molecule has 4 rings (SSSR count). The average molecular weight is 419 g/mol. The quantitative estimate of drug-likeness (QED) is 0.649. The summed E-state index contributed by atoms with van der Waals surface area (Å²) in [5.74, 6) is 0.834. The van der Waals surface area contributed by atoms with Gasteiger partial charge in [-0.1, -0.05) is 49.4 Å². The number of carbonyl (C=O) groups excluding carboxylic acids is 2. The first-order chi connectivity index (χ1) is 14.9. The van der Waals surface area contributed by atoms with Crippen molar-refractivity contribution in [1.82, 2.24) is 9.80 Å². The third kappa shape index (κ3) is 4.50. The van der Waals surface area contributed by atoms with Crippen molar-refractivity contribution in [3.63, 3.8) is 0 Å². The summed E-state index contributed by atoms with van der Waals surface area (Å²) in [7, 11) is 0. The molecule has 1 fully saturated rings. The van der Waals surface area contributed by atoms with Gasteiger partial charge in [0.05, 0.1) is 18.2 Å². The van der Waals surface area contributed by atoms with Gasteiger partial charge >= 0.3 is 0 Å². The fourth-order valence-corrected chi connectivity index (χ4v) is 4.39. The second kappa shape index (κ2) is 8.96. The summed E-state index contributed by atoms with van der Waals surface area (Å²) in [4.78, 5) is 30.5. The van der Waals surface area contributed by atoms with Crippen LogP contribution in [-0.2, 0) is 16.1 Å². The standard InChI is InChI=1S/C26H30N2O3/c1-18(2)31-22-13-11-21(12-14-22)23-24(27-15-7-8-19(3)16-27)26(30)28(25(23)29)17-20-9-5-4-6-10-20/h4-6,9-14,18-19H,7-8,15-17H2,1-3H3. The highest BCUT2D eigenvalue weighted by Gasteiger charge is 2.42. The molecule has 2 aromatic carbocycles. The van der Waals surface area contributed by atoms with E-state index in [1.54, 1.807) is 0 Å². The first-order valence-electron chi connectivity index (χ1n) is 11.1. The van der Waals surface area contributed by atoms with Gasteiger partial charge in [0.15, 0.2) is 0 Å². The van der Waals surface area contributed by atoms with Crippen LogP contribution in [0, 0.1) is 5.92 Å². The number of hydrogen-bond donors (Lipinski definition) is 0. The van der Waals surface area contributed by atoms with Crippen LogP contribution >= 0.6 is 0 Å². The molecule has 0 aromatic heterocycles. The number of carbonyl (C=O) groups is 2. The maximum Gasteiger partial charge on any atom is 0.278 e. The Hall–Kier alpha value is -3.08. The second-order valence-corrected chi connectivity index (χ2v) is 8.79. The highest BCUT2D eigenvalue weighted by atomic mass is 16.5. The molecule has 0 radical (unpaired) electrons. The number of ether oxygens (including phenoxy) is 1. The van der Waals surface area contributed by atoms with Crippen molar-refractivity contribution < 1.29 is 14.3 Å². The van der Waals surface area contributed by atoms with E-state index in [4.69, 9.17) is 4.74 Å². The summed E-state index contributed by atoms with van der Waals surface area (Å²) in [6, 6.07) is 17.2. The lowest BCUT2D eigenvalue weighted by Gasteiger charge is -2.33. The van der Waals surface area contributed by atoms with Crippen LogP contribution in [0.1, 0.15) is 44.7 Å². The van der Waals surface area contributed by atoms with E-state index < -0.39 is 0 Å². The predicted octanol–water partition coefficient (Wildman–Crippen LogP) is 4.49. The fourth-order valence-electron chi connectivity index (χ4n) is 4.39. The Morgan fingerprint density at radius 1 is 1.00 bits per heavy atom. The number of imide groups is 1. The SMILES string of the molecule is CC1CCCN(C2=C(c3ccc(OC(C)C)cc3)C(=O)N(Cc3ccccc3)C2=O)C1. The van der Waals surface area contributed by atoms with E-state index >= 15 is 0 Å². The molecule has 162 valence electrons. The summed E-state index contributed by atoms with van der Waals surface area (Å²) < 4.78 is 5.75. The lowest BCUT2D eigenvalue weighted by molar-refractivity contribution is -0.138. The molecule has 1 atom stereocenters. The van der Waals surface area contributed by atoms with Crippen molar-refractivity contribution in [1.29, 1.82) is 0 Å². The Bertz CT molecular complexity index is 979. The normalized spacial score (nSPS) is 19.5. The Morgan fingerprint density at radius 3 is 2.35 bits per heavy atom. The Balaban J connectivity index is 1.70. The maximum absolute atomic E-state index is 13.5.